The Morgan fingerprint density at radius 2 is 1.76 bits per heavy atom. The smallest absolute Gasteiger partial charge is 0.405 e. The first-order chi connectivity index (χ1) is 15.6. The van der Waals surface area contributed by atoms with E-state index in [0.29, 0.717) is 18.7 Å². The first-order valence-corrected chi connectivity index (χ1v) is 10.5. The molecule has 0 radical (unpaired) electrons. The number of likely N-dealkylation sites (N-methyl/N-ethyl adjacent to an activating group) is 1. The molecule has 33 heavy (non-hydrogen) atoms. The van der Waals surface area contributed by atoms with Gasteiger partial charge in [0.05, 0.1) is 18.8 Å². The molecule has 1 aromatic heterocycles. The molecule has 0 saturated carbocycles. The van der Waals surface area contributed by atoms with Crippen molar-refractivity contribution in [3.05, 3.63) is 82.7 Å². The number of hydrogen-bond acceptors (Lipinski definition) is 4. The van der Waals surface area contributed by atoms with Crippen LogP contribution in [0.2, 0.25) is 0 Å². The van der Waals surface area contributed by atoms with Gasteiger partial charge in [-0.1, -0.05) is 48.5 Å². The molecule has 3 rings (SSSR count). The van der Waals surface area contributed by atoms with E-state index in [9.17, 15) is 18.0 Å². The van der Waals surface area contributed by atoms with Crippen LogP contribution in [0.4, 0.5) is 13.2 Å². The minimum atomic E-state index is -4.77. The Kier molecular flexibility index (Phi) is 7.75. The maximum Gasteiger partial charge on any atom is 0.573 e. The van der Waals surface area contributed by atoms with Gasteiger partial charge in [0.2, 0.25) is 5.91 Å². The Morgan fingerprint density at radius 1 is 1.09 bits per heavy atom. The molecule has 0 spiro atoms. The lowest BCUT2D eigenvalue weighted by Crippen LogP contribution is -2.34. The monoisotopic (exact) mass is 460 g/mol. The Hall–Kier alpha value is -3.33. The molecule has 3 aromatic rings. The molecule has 6 nitrogen and oxygen atoms in total. The standard InChI is InChI=1S/C24H27F3N4O2/c1-17-21(18(2)31(29-17)14-19-9-5-4-6-10-19)13-28-23(32)16-30(3)15-20-11-7-8-12-22(20)33-24(25,26)27/h4-12H,13-16H2,1-3H3,(H,28,32). The first-order valence-electron chi connectivity index (χ1n) is 10.5. The van der Waals surface area contributed by atoms with Crippen molar-refractivity contribution < 1.29 is 22.7 Å². The molecule has 0 bridgehead atoms. The lowest BCUT2D eigenvalue weighted by Gasteiger charge is -2.19. The van der Waals surface area contributed by atoms with Crippen LogP contribution in [0.3, 0.4) is 0 Å². The number of benzene rings is 2. The van der Waals surface area contributed by atoms with E-state index >= 15 is 0 Å². The highest BCUT2D eigenvalue weighted by molar-refractivity contribution is 5.78. The number of carbonyl (C=O) groups excluding carboxylic acids is 1. The number of ether oxygens (including phenoxy) is 1. The number of para-hydroxylation sites is 1. The summed E-state index contributed by atoms with van der Waals surface area (Å²) in [5.74, 6) is -0.504. The van der Waals surface area contributed by atoms with E-state index in [1.165, 1.54) is 12.1 Å². The van der Waals surface area contributed by atoms with Crippen LogP contribution in [-0.4, -0.2) is 40.5 Å². The van der Waals surface area contributed by atoms with Crippen LogP contribution in [0, 0.1) is 13.8 Å². The molecule has 0 aliphatic rings. The predicted molar refractivity (Wildman–Crippen MR) is 119 cm³/mol. The van der Waals surface area contributed by atoms with Gasteiger partial charge in [-0.3, -0.25) is 14.4 Å². The van der Waals surface area contributed by atoms with Gasteiger partial charge in [-0.25, -0.2) is 0 Å². The summed E-state index contributed by atoms with van der Waals surface area (Å²) in [6.07, 6.45) is -4.77. The zero-order valence-electron chi connectivity index (χ0n) is 18.8. The van der Waals surface area contributed by atoms with Crippen LogP contribution in [0.1, 0.15) is 28.1 Å². The number of rotatable bonds is 9. The zero-order chi connectivity index (χ0) is 24.0. The van der Waals surface area contributed by atoms with Crippen LogP contribution < -0.4 is 10.1 Å². The minimum Gasteiger partial charge on any atom is -0.405 e. The van der Waals surface area contributed by atoms with E-state index in [-0.39, 0.29) is 24.7 Å². The molecule has 0 saturated heterocycles. The molecule has 0 aliphatic carbocycles. The fourth-order valence-corrected chi connectivity index (χ4v) is 3.59. The molecule has 9 heteroatoms. The van der Waals surface area contributed by atoms with Crippen molar-refractivity contribution in [2.45, 2.75) is 39.8 Å². The number of hydrogen-bond donors (Lipinski definition) is 1. The lowest BCUT2D eigenvalue weighted by atomic mass is 10.2. The van der Waals surface area contributed by atoms with Crippen molar-refractivity contribution >= 4 is 5.91 Å². The topological polar surface area (TPSA) is 59.4 Å². The fourth-order valence-electron chi connectivity index (χ4n) is 3.59. The summed E-state index contributed by atoms with van der Waals surface area (Å²) in [6, 6.07) is 15.9. The van der Waals surface area contributed by atoms with Crippen molar-refractivity contribution in [1.82, 2.24) is 20.0 Å². The van der Waals surface area contributed by atoms with Gasteiger partial charge in [-0.05, 0) is 32.5 Å². The van der Waals surface area contributed by atoms with Crippen LogP contribution in [0.25, 0.3) is 0 Å². The third kappa shape index (κ3) is 7.08. The quantitative estimate of drug-likeness (QED) is 0.520. The minimum absolute atomic E-state index is 0.0244. The van der Waals surface area contributed by atoms with E-state index < -0.39 is 6.36 Å². The molecule has 0 unspecified atom stereocenters. The normalized spacial score (nSPS) is 11.6. The summed E-state index contributed by atoms with van der Waals surface area (Å²) in [5, 5.41) is 7.47. The van der Waals surface area contributed by atoms with Crippen LogP contribution >= 0.6 is 0 Å². The van der Waals surface area contributed by atoms with Crippen LogP contribution in [-0.2, 0) is 24.4 Å². The molecular weight excluding hydrogens is 433 g/mol. The van der Waals surface area contributed by atoms with Gasteiger partial charge in [0.25, 0.3) is 0 Å². The van der Waals surface area contributed by atoms with E-state index in [1.54, 1.807) is 24.1 Å². The van der Waals surface area contributed by atoms with Crippen molar-refractivity contribution in [1.29, 1.82) is 0 Å². The van der Waals surface area contributed by atoms with E-state index in [0.717, 1.165) is 22.5 Å². The Morgan fingerprint density at radius 3 is 2.45 bits per heavy atom. The highest BCUT2D eigenvalue weighted by atomic mass is 19.4. The van der Waals surface area contributed by atoms with Crippen LogP contribution in [0.5, 0.6) is 5.75 Å². The Balaban J connectivity index is 1.56. The van der Waals surface area contributed by atoms with Crippen molar-refractivity contribution in [3.63, 3.8) is 0 Å². The summed E-state index contributed by atoms with van der Waals surface area (Å²) in [7, 11) is 1.67. The fraction of sp³-hybridized carbons (Fsp3) is 0.333. The van der Waals surface area contributed by atoms with Crippen molar-refractivity contribution in [3.8, 4) is 5.75 Å². The molecule has 2 aromatic carbocycles. The van der Waals surface area contributed by atoms with Gasteiger partial charge in [-0.15, -0.1) is 13.2 Å². The number of amides is 1. The summed E-state index contributed by atoms with van der Waals surface area (Å²) in [6.45, 7) is 4.99. The summed E-state index contributed by atoms with van der Waals surface area (Å²) in [5.41, 5.74) is 4.25. The second kappa shape index (κ2) is 10.5. The van der Waals surface area contributed by atoms with E-state index in [4.69, 9.17) is 0 Å². The van der Waals surface area contributed by atoms with Crippen molar-refractivity contribution in [2.24, 2.45) is 0 Å². The van der Waals surface area contributed by atoms with Crippen molar-refractivity contribution in [2.75, 3.05) is 13.6 Å². The largest absolute Gasteiger partial charge is 0.573 e. The maximum atomic E-state index is 12.6. The van der Waals surface area contributed by atoms with E-state index in [2.05, 4.69) is 15.2 Å². The second-order valence-electron chi connectivity index (χ2n) is 7.90. The molecule has 176 valence electrons. The molecule has 0 aliphatic heterocycles. The zero-order valence-corrected chi connectivity index (χ0v) is 18.8. The lowest BCUT2D eigenvalue weighted by molar-refractivity contribution is -0.275. The van der Waals surface area contributed by atoms with Gasteiger partial charge >= 0.3 is 6.36 Å². The summed E-state index contributed by atoms with van der Waals surface area (Å²) in [4.78, 5) is 14.1. The van der Waals surface area contributed by atoms with Gasteiger partial charge in [0.15, 0.2) is 0 Å². The molecular formula is C24H27F3N4O2. The van der Waals surface area contributed by atoms with Crippen LogP contribution in [0.15, 0.2) is 54.6 Å². The average molecular weight is 461 g/mol. The highest BCUT2D eigenvalue weighted by Crippen LogP contribution is 2.26. The average Bonchev–Trinajstić information content (AvgIpc) is 3.00. The third-order valence-corrected chi connectivity index (χ3v) is 5.22. The number of nitrogens with zero attached hydrogens (tertiary/aromatic N) is 3. The summed E-state index contributed by atoms with van der Waals surface area (Å²) < 4.78 is 43.8. The van der Waals surface area contributed by atoms with E-state index in [1.807, 2.05) is 48.9 Å². The number of nitrogens with one attached hydrogen (secondary N) is 1. The van der Waals surface area contributed by atoms with Gasteiger partial charge < -0.3 is 10.1 Å². The number of carbonyl (C=O) groups is 1. The number of halogens is 3. The Labute approximate surface area is 191 Å². The molecule has 1 heterocycles. The number of aromatic nitrogens is 2. The molecule has 0 fully saturated rings. The summed E-state index contributed by atoms with van der Waals surface area (Å²) >= 11 is 0. The second-order valence-corrected chi connectivity index (χ2v) is 7.90. The van der Waals surface area contributed by atoms with Gasteiger partial charge in [0.1, 0.15) is 5.75 Å². The highest BCUT2D eigenvalue weighted by Gasteiger charge is 2.32. The molecule has 1 amide bonds. The predicted octanol–water partition coefficient (Wildman–Crippen LogP) is 4.20. The Bertz CT molecular complexity index is 1080. The number of aryl methyl sites for hydroxylation is 1. The molecule has 0 atom stereocenters. The SMILES string of the molecule is Cc1nn(Cc2ccccc2)c(C)c1CNC(=O)CN(C)Cc1ccccc1OC(F)(F)F. The van der Waals surface area contributed by atoms with Gasteiger partial charge in [0, 0.05) is 29.9 Å². The third-order valence-electron chi connectivity index (χ3n) is 5.22. The molecule has 1 N–H and O–H groups in total. The number of alkyl halides is 3. The van der Waals surface area contributed by atoms with Gasteiger partial charge in [-0.2, -0.15) is 5.10 Å². The maximum absolute atomic E-state index is 12.6. The first kappa shape index (κ1) is 24.3.